The average molecular weight is 226 g/mol. The van der Waals surface area contributed by atoms with Gasteiger partial charge in [-0.2, -0.15) is 0 Å². The minimum atomic E-state index is -0.554. The van der Waals surface area contributed by atoms with E-state index in [0.717, 1.165) is 6.07 Å². The number of nitro groups is 1. The van der Waals surface area contributed by atoms with Crippen molar-refractivity contribution in [2.75, 3.05) is 7.11 Å². The van der Waals surface area contributed by atoms with Gasteiger partial charge in [0.05, 0.1) is 18.1 Å². The molecular formula is C7H9KNO5. The molecule has 6 nitrogen and oxygen atoms in total. The van der Waals surface area contributed by atoms with E-state index in [2.05, 4.69) is 4.74 Å². The molecule has 0 amide bonds. The summed E-state index contributed by atoms with van der Waals surface area (Å²) in [6, 6.07) is 3.59. The van der Waals surface area contributed by atoms with Gasteiger partial charge in [-0.3, -0.25) is 10.1 Å². The summed E-state index contributed by atoms with van der Waals surface area (Å²) in [5.74, 6) is -0.00713. The number of hydrogen-bond acceptors (Lipinski definition) is 4. The van der Waals surface area contributed by atoms with Gasteiger partial charge in [-0.15, -0.1) is 0 Å². The molecule has 0 saturated carbocycles. The number of hydrogen-bond donors (Lipinski definition) is 1. The number of methoxy groups -OCH3 is 1. The second kappa shape index (κ2) is 7.15. The summed E-state index contributed by atoms with van der Waals surface area (Å²) in [5, 5.41) is 19.3. The zero-order valence-electron chi connectivity index (χ0n) is 7.85. The van der Waals surface area contributed by atoms with Gasteiger partial charge >= 0.3 is 0 Å². The molecule has 0 aromatic heterocycles. The molecule has 14 heavy (non-hydrogen) atoms. The van der Waals surface area contributed by atoms with Crippen LogP contribution in [0.2, 0.25) is 0 Å². The zero-order valence-corrected chi connectivity index (χ0v) is 11.0. The topological polar surface area (TPSA) is 104 Å². The maximum Gasteiger partial charge on any atom is 0.273 e. The summed E-state index contributed by atoms with van der Waals surface area (Å²) in [7, 11) is 1.33. The Kier molecular flexibility index (Phi) is 8.31. The number of phenols is 1. The molecule has 0 saturated heterocycles. The standard InChI is InChI=1S/C7H7NO4.K.H2O/c1-12-7-4-5(8(10)11)2-3-6(7)9;;/h2-4,9H,1H3;;1H2. The van der Waals surface area contributed by atoms with Gasteiger partial charge in [0.15, 0.2) is 11.5 Å². The molecule has 0 bridgehead atoms. The van der Waals surface area contributed by atoms with E-state index < -0.39 is 4.92 Å². The molecule has 0 aliphatic rings. The van der Waals surface area contributed by atoms with Crippen molar-refractivity contribution in [3.05, 3.63) is 28.3 Å². The van der Waals surface area contributed by atoms with Gasteiger partial charge < -0.3 is 15.3 Å². The molecule has 0 aliphatic carbocycles. The average Bonchev–Trinajstić information content (AvgIpc) is 2.05. The van der Waals surface area contributed by atoms with E-state index in [0.29, 0.717) is 0 Å². The number of phenolic OH excluding ortho intramolecular Hbond substituents is 1. The second-order valence-corrected chi connectivity index (χ2v) is 2.11. The first-order valence-electron chi connectivity index (χ1n) is 3.16. The molecule has 3 N–H and O–H groups in total. The largest absolute Gasteiger partial charge is 0.504 e. The van der Waals surface area contributed by atoms with E-state index >= 15 is 0 Å². The fraction of sp³-hybridized carbons (Fsp3) is 0.143. The number of rotatable bonds is 2. The van der Waals surface area contributed by atoms with Crippen molar-refractivity contribution in [1.29, 1.82) is 0 Å². The van der Waals surface area contributed by atoms with E-state index in [-0.39, 0.29) is 74.0 Å². The second-order valence-electron chi connectivity index (χ2n) is 2.11. The van der Waals surface area contributed by atoms with E-state index in [9.17, 15) is 10.1 Å². The van der Waals surface area contributed by atoms with Crippen LogP contribution >= 0.6 is 0 Å². The summed E-state index contributed by atoms with van der Waals surface area (Å²) >= 11 is 0. The summed E-state index contributed by atoms with van der Waals surface area (Å²) < 4.78 is 4.68. The van der Waals surface area contributed by atoms with E-state index in [1.165, 1.54) is 19.2 Å². The molecule has 1 aromatic carbocycles. The molecule has 1 rings (SSSR count). The zero-order chi connectivity index (χ0) is 9.14. The van der Waals surface area contributed by atoms with Crippen molar-refractivity contribution in [2.24, 2.45) is 0 Å². The predicted molar refractivity (Wildman–Crippen MR) is 50.7 cm³/mol. The van der Waals surface area contributed by atoms with Crippen LogP contribution in [-0.4, -0.2) is 74.0 Å². The molecule has 0 atom stereocenters. The van der Waals surface area contributed by atoms with Crippen LogP contribution < -0.4 is 4.74 Å². The number of nitro benzene ring substituents is 1. The normalized spacial score (nSPS) is 8.07. The van der Waals surface area contributed by atoms with Gasteiger partial charge in [0.2, 0.25) is 0 Å². The van der Waals surface area contributed by atoms with Crippen LogP contribution in [-0.2, 0) is 0 Å². The Labute approximate surface area is 123 Å². The van der Waals surface area contributed by atoms with Crippen molar-refractivity contribution < 1.29 is 20.2 Å². The molecule has 0 spiro atoms. The third kappa shape index (κ3) is 3.90. The Hall–Kier alpha value is -0.184. The third-order valence-electron chi connectivity index (χ3n) is 1.37. The number of ether oxygens (including phenoxy) is 1. The van der Waals surface area contributed by atoms with E-state index in [1.54, 1.807) is 0 Å². The van der Waals surface area contributed by atoms with Crippen molar-refractivity contribution in [2.45, 2.75) is 0 Å². The van der Waals surface area contributed by atoms with Crippen molar-refractivity contribution in [3.8, 4) is 11.5 Å². The number of nitrogens with zero attached hydrogens (tertiary/aromatic N) is 1. The molecule has 1 aromatic rings. The van der Waals surface area contributed by atoms with Crippen LogP contribution in [0.3, 0.4) is 0 Å². The van der Waals surface area contributed by atoms with Crippen LogP contribution in [0, 0.1) is 10.1 Å². The van der Waals surface area contributed by atoms with Crippen LogP contribution in [0.15, 0.2) is 18.2 Å². The van der Waals surface area contributed by atoms with Gasteiger partial charge in [-0.1, -0.05) is 0 Å². The maximum absolute atomic E-state index is 10.2. The quantitative estimate of drug-likeness (QED) is 0.438. The molecular weight excluding hydrogens is 217 g/mol. The van der Waals surface area contributed by atoms with Crippen LogP contribution in [0.25, 0.3) is 0 Å². The van der Waals surface area contributed by atoms with Crippen LogP contribution in [0.4, 0.5) is 5.69 Å². The third-order valence-corrected chi connectivity index (χ3v) is 1.37. The molecule has 0 fully saturated rings. The van der Waals surface area contributed by atoms with Gasteiger partial charge in [-0.25, -0.2) is 0 Å². The fourth-order valence-electron chi connectivity index (χ4n) is 0.780. The fourth-order valence-corrected chi connectivity index (χ4v) is 0.780. The summed E-state index contributed by atoms with van der Waals surface area (Å²) in [4.78, 5) is 9.70. The summed E-state index contributed by atoms with van der Waals surface area (Å²) in [6.07, 6.45) is 0. The smallest absolute Gasteiger partial charge is 0.273 e. The van der Waals surface area contributed by atoms with Crippen molar-refractivity contribution in [3.63, 3.8) is 0 Å². The van der Waals surface area contributed by atoms with Crippen molar-refractivity contribution >= 4 is 57.1 Å². The number of aromatic hydroxyl groups is 1. The summed E-state index contributed by atoms with van der Waals surface area (Å²) in [5.41, 5.74) is -0.107. The number of non-ortho nitro benzene ring substituents is 1. The SMILES string of the molecule is COc1cc([N+](=O)[O-])ccc1O.O.[K]. The molecule has 7 heteroatoms. The molecule has 0 unspecified atom stereocenters. The Morgan fingerprint density at radius 1 is 1.50 bits per heavy atom. The molecule has 0 aliphatic heterocycles. The van der Waals surface area contributed by atoms with E-state index in [4.69, 9.17) is 5.11 Å². The monoisotopic (exact) mass is 226 g/mol. The molecule has 0 heterocycles. The van der Waals surface area contributed by atoms with Crippen LogP contribution in [0.1, 0.15) is 0 Å². The maximum atomic E-state index is 10.2. The van der Waals surface area contributed by atoms with Gasteiger partial charge in [-0.05, 0) is 6.07 Å². The van der Waals surface area contributed by atoms with Gasteiger partial charge in [0.25, 0.3) is 5.69 Å². The number of benzene rings is 1. The van der Waals surface area contributed by atoms with Gasteiger partial charge in [0.1, 0.15) is 0 Å². The van der Waals surface area contributed by atoms with Gasteiger partial charge in [0, 0.05) is 57.5 Å². The Morgan fingerprint density at radius 3 is 2.50 bits per heavy atom. The Bertz CT molecular complexity index is 317. The van der Waals surface area contributed by atoms with Crippen molar-refractivity contribution in [1.82, 2.24) is 0 Å². The minimum Gasteiger partial charge on any atom is -0.504 e. The Morgan fingerprint density at radius 2 is 2.07 bits per heavy atom. The first-order valence-corrected chi connectivity index (χ1v) is 3.16. The Balaban J connectivity index is 0. The summed E-state index contributed by atoms with van der Waals surface area (Å²) in [6.45, 7) is 0. The minimum absolute atomic E-state index is 0. The predicted octanol–water partition coefficient (Wildman–Crippen LogP) is 0.103. The molecule has 1 radical (unpaired) electrons. The first-order chi connectivity index (χ1) is 5.65. The van der Waals surface area contributed by atoms with Crippen LogP contribution in [0.5, 0.6) is 11.5 Å². The molecule has 73 valence electrons. The van der Waals surface area contributed by atoms with E-state index in [1.807, 2.05) is 0 Å². The first kappa shape index (κ1) is 16.3.